The van der Waals surface area contributed by atoms with Gasteiger partial charge in [-0.1, -0.05) is 6.07 Å². The van der Waals surface area contributed by atoms with Gasteiger partial charge in [0.1, 0.15) is 17.7 Å². The van der Waals surface area contributed by atoms with Crippen molar-refractivity contribution in [2.45, 2.75) is 6.10 Å². The fourth-order valence-corrected chi connectivity index (χ4v) is 3.73. The predicted octanol–water partition coefficient (Wildman–Crippen LogP) is 1.70. The van der Waals surface area contributed by atoms with Crippen LogP contribution in [-0.4, -0.2) is 52.5 Å². The molecule has 2 aliphatic rings. The molecule has 1 saturated heterocycles. The number of hydrogen-bond donors (Lipinski definition) is 2. The Morgan fingerprint density at radius 1 is 1.23 bits per heavy atom. The van der Waals surface area contributed by atoms with E-state index in [1.54, 1.807) is 24.3 Å². The first kappa shape index (κ1) is 20.1. The number of halogens is 1. The quantitative estimate of drug-likeness (QED) is 0.739. The van der Waals surface area contributed by atoms with Gasteiger partial charge in [-0.15, -0.1) is 0 Å². The summed E-state index contributed by atoms with van der Waals surface area (Å²) < 4.78 is 50.0. The van der Waals surface area contributed by atoms with E-state index in [9.17, 15) is 22.4 Å². The van der Waals surface area contributed by atoms with E-state index in [-0.39, 0.29) is 36.9 Å². The predicted molar refractivity (Wildman–Crippen MR) is 106 cm³/mol. The lowest BCUT2D eigenvalue weighted by Gasteiger charge is -2.19. The third-order valence-electron chi connectivity index (χ3n) is 4.64. The number of hydrogen-bond acceptors (Lipinski definition) is 6. The lowest BCUT2D eigenvalue weighted by Crippen LogP contribution is -2.34. The van der Waals surface area contributed by atoms with Crippen molar-refractivity contribution in [2.75, 3.05) is 36.2 Å². The summed E-state index contributed by atoms with van der Waals surface area (Å²) in [5.74, 6) is -0.354. The van der Waals surface area contributed by atoms with Crippen molar-refractivity contribution in [3.63, 3.8) is 0 Å². The summed E-state index contributed by atoms with van der Waals surface area (Å²) >= 11 is 0. The number of ether oxygens (including phenoxy) is 2. The van der Waals surface area contributed by atoms with Crippen LogP contribution in [0, 0.1) is 5.82 Å². The molecule has 0 aliphatic carbocycles. The number of anilines is 2. The lowest BCUT2D eigenvalue weighted by atomic mass is 10.0. The number of cyclic esters (lactones) is 1. The first-order valence-electron chi connectivity index (χ1n) is 8.99. The Balaban J connectivity index is 1.53. The van der Waals surface area contributed by atoms with Crippen molar-refractivity contribution in [3.8, 4) is 16.9 Å². The molecule has 9 nitrogen and oxygen atoms in total. The van der Waals surface area contributed by atoms with E-state index in [2.05, 4.69) is 10.0 Å². The van der Waals surface area contributed by atoms with Crippen LogP contribution in [0.25, 0.3) is 11.1 Å². The molecule has 1 atom stereocenters. The molecule has 11 heteroatoms. The van der Waals surface area contributed by atoms with Crippen LogP contribution in [0.15, 0.2) is 36.4 Å². The van der Waals surface area contributed by atoms with E-state index in [1.807, 2.05) is 0 Å². The van der Waals surface area contributed by atoms with Gasteiger partial charge >= 0.3 is 6.09 Å². The van der Waals surface area contributed by atoms with Gasteiger partial charge < -0.3 is 14.8 Å². The molecule has 0 radical (unpaired) electrons. The number of amides is 2. The highest BCUT2D eigenvalue weighted by Crippen LogP contribution is 2.35. The summed E-state index contributed by atoms with van der Waals surface area (Å²) in [7, 11) is -3.42. The number of sulfonamides is 1. The van der Waals surface area contributed by atoms with Crippen LogP contribution in [0.5, 0.6) is 5.75 Å². The maximum absolute atomic E-state index is 14.8. The highest BCUT2D eigenvalue weighted by Gasteiger charge is 2.33. The summed E-state index contributed by atoms with van der Waals surface area (Å²) in [6.07, 6.45) is -0.358. The van der Waals surface area contributed by atoms with Gasteiger partial charge in [0, 0.05) is 12.1 Å². The maximum Gasteiger partial charge on any atom is 0.414 e. The lowest BCUT2D eigenvalue weighted by molar-refractivity contribution is -0.118. The molecule has 0 unspecified atom stereocenters. The van der Waals surface area contributed by atoms with Crippen LogP contribution in [0.1, 0.15) is 0 Å². The second kappa shape index (κ2) is 7.58. The Bertz CT molecular complexity index is 1140. The topological polar surface area (TPSA) is 114 Å². The van der Waals surface area contributed by atoms with Gasteiger partial charge in [0.2, 0.25) is 10.0 Å². The van der Waals surface area contributed by atoms with Crippen molar-refractivity contribution in [1.82, 2.24) is 4.72 Å². The van der Waals surface area contributed by atoms with Gasteiger partial charge in [-0.25, -0.2) is 22.3 Å². The minimum Gasteiger partial charge on any atom is -0.482 e. The molecule has 0 aromatic heterocycles. The summed E-state index contributed by atoms with van der Waals surface area (Å²) in [5.41, 5.74) is 1.56. The number of rotatable bonds is 5. The summed E-state index contributed by atoms with van der Waals surface area (Å²) in [6, 6.07) is 9.23. The number of carbonyl (C=O) groups excluding carboxylic acids is 2. The molecule has 1 fully saturated rings. The summed E-state index contributed by atoms with van der Waals surface area (Å²) in [6.45, 7) is -0.0467. The highest BCUT2D eigenvalue weighted by molar-refractivity contribution is 7.88. The van der Waals surface area contributed by atoms with Gasteiger partial charge in [-0.05, 0) is 35.9 Å². The molecular formula is C19H18FN3O6S. The van der Waals surface area contributed by atoms with Crippen molar-refractivity contribution < 1.29 is 31.9 Å². The third kappa shape index (κ3) is 4.21. The average molecular weight is 435 g/mol. The average Bonchev–Trinajstić information content (AvgIpc) is 3.06. The zero-order chi connectivity index (χ0) is 21.5. The number of nitrogens with zero attached hydrogens (tertiary/aromatic N) is 1. The van der Waals surface area contributed by atoms with Gasteiger partial charge in [-0.2, -0.15) is 0 Å². The summed E-state index contributed by atoms with van der Waals surface area (Å²) in [4.78, 5) is 24.8. The van der Waals surface area contributed by atoms with E-state index in [1.165, 1.54) is 17.0 Å². The van der Waals surface area contributed by atoms with Crippen LogP contribution in [0.3, 0.4) is 0 Å². The molecule has 2 aliphatic heterocycles. The first-order valence-corrected chi connectivity index (χ1v) is 10.9. The van der Waals surface area contributed by atoms with Gasteiger partial charge in [-0.3, -0.25) is 9.69 Å². The maximum atomic E-state index is 14.8. The number of benzene rings is 2. The fraction of sp³-hybridized carbons (Fsp3) is 0.263. The normalized spacial score (nSPS) is 18.5. The molecule has 2 N–H and O–H groups in total. The molecule has 2 aromatic carbocycles. The fourth-order valence-electron chi connectivity index (χ4n) is 3.24. The molecular weight excluding hydrogens is 417 g/mol. The Morgan fingerprint density at radius 2 is 2.03 bits per heavy atom. The van der Waals surface area contributed by atoms with Crippen LogP contribution in [0.4, 0.5) is 20.6 Å². The minimum atomic E-state index is -3.42. The van der Waals surface area contributed by atoms with E-state index in [4.69, 9.17) is 9.47 Å². The standard InChI is InChI=1S/C19H18FN3O6S/c1-30(26,27)21-8-13-9-23(19(25)29-13)12-3-4-14(15(20)7-12)11-2-5-17-16(6-11)22-18(24)10-28-17/h2-7,13,21H,8-10H2,1H3,(H,22,24)/t13-/m0/s1. The van der Waals surface area contributed by atoms with E-state index < -0.39 is 28.0 Å². The van der Waals surface area contributed by atoms with Crippen LogP contribution < -0.4 is 19.7 Å². The molecule has 0 saturated carbocycles. The number of fused-ring (bicyclic) bond motifs is 1. The van der Waals surface area contributed by atoms with E-state index >= 15 is 0 Å². The molecule has 158 valence electrons. The zero-order valence-electron chi connectivity index (χ0n) is 15.8. The van der Waals surface area contributed by atoms with Crippen molar-refractivity contribution in [3.05, 3.63) is 42.2 Å². The Kier molecular flexibility index (Phi) is 5.08. The van der Waals surface area contributed by atoms with Gasteiger partial charge in [0.05, 0.1) is 24.2 Å². The second-order valence-electron chi connectivity index (χ2n) is 6.95. The van der Waals surface area contributed by atoms with E-state index in [0.29, 0.717) is 17.0 Å². The summed E-state index contributed by atoms with van der Waals surface area (Å²) in [5, 5.41) is 2.67. The van der Waals surface area contributed by atoms with Gasteiger partial charge in [0.25, 0.3) is 5.91 Å². The SMILES string of the molecule is CS(=O)(=O)NC[C@H]1CN(c2ccc(-c3ccc4c(c3)NC(=O)CO4)c(F)c2)C(=O)O1. The largest absolute Gasteiger partial charge is 0.482 e. The van der Waals surface area contributed by atoms with Crippen LogP contribution in [0.2, 0.25) is 0 Å². The van der Waals surface area contributed by atoms with Crippen LogP contribution >= 0.6 is 0 Å². The van der Waals surface area contributed by atoms with Crippen LogP contribution in [-0.2, 0) is 19.6 Å². The third-order valence-corrected chi connectivity index (χ3v) is 5.33. The number of carbonyl (C=O) groups is 2. The first-order chi connectivity index (χ1) is 14.2. The Labute approximate surface area is 171 Å². The Morgan fingerprint density at radius 3 is 2.77 bits per heavy atom. The van der Waals surface area contributed by atoms with Crippen molar-refractivity contribution in [1.29, 1.82) is 0 Å². The monoisotopic (exact) mass is 435 g/mol. The van der Waals surface area contributed by atoms with E-state index in [0.717, 1.165) is 6.26 Å². The molecule has 4 rings (SSSR count). The molecule has 2 amide bonds. The smallest absolute Gasteiger partial charge is 0.414 e. The van der Waals surface area contributed by atoms with Crippen molar-refractivity contribution in [2.24, 2.45) is 0 Å². The molecule has 0 bridgehead atoms. The highest BCUT2D eigenvalue weighted by atomic mass is 32.2. The molecule has 2 heterocycles. The molecule has 0 spiro atoms. The number of nitrogens with one attached hydrogen (secondary N) is 2. The van der Waals surface area contributed by atoms with Crippen molar-refractivity contribution >= 4 is 33.4 Å². The van der Waals surface area contributed by atoms with Gasteiger partial charge in [0.15, 0.2) is 6.61 Å². The minimum absolute atomic E-state index is 0.0649. The molecule has 30 heavy (non-hydrogen) atoms. The zero-order valence-corrected chi connectivity index (χ0v) is 16.7. The second-order valence-corrected chi connectivity index (χ2v) is 8.78. The Hall–Kier alpha value is -3.18. The molecule has 2 aromatic rings.